The molecule has 1 heterocycles. The maximum Gasteiger partial charge on any atom is 0.220 e. The Morgan fingerprint density at radius 3 is 2.50 bits per heavy atom. The molecule has 0 saturated carbocycles. The number of quaternary nitrogens is 1. The van der Waals surface area contributed by atoms with Crippen LogP contribution in [0, 0.1) is 5.92 Å². The van der Waals surface area contributed by atoms with E-state index in [1.165, 1.54) is 41.7 Å². The van der Waals surface area contributed by atoms with Crippen molar-refractivity contribution in [2.24, 2.45) is 5.92 Å². The van der Waals surface area contributed by atoms with Gasteiger partial charge in [-0.1, -0.05) is 39.0 Å². The first-order valence-corrected chi connectivity index (χ1v) is 12.1. The quantitative estimate of drug-likeness (QED) is 0.445. The summed E-state index contributed by atoms with van der Waals surface area (Å²) >= 11 is 0. The van der Waals surface area contributed by atoms with Crippen LogP contribution in [-0.4, -0.2) is 36.6 Å². The van der Waals surface area contributed by atoms with Crippen molar-refractivity contribution in [3.63, 3.8) is 0 Å². The number of nitrogens with one attached hydrogen (secondary N) is 3. The van der Waals surface area contributed by atoms with Crippen LogP contribution in [0.25, 0.3) is 10.9 Å². The summed E-state index contributed by atoms with van der Waals surface area (Å²) in [5, 5.41) is 4.55. The highest BCUT2D eigenvalue weighted by Gasteiger charge is 2.22. The van der Waals surface area contributed by atoms with Gasteiger partial charge in [0.05, 0.1) is 19.6 Å². The lowest BCUT2D eigenvalue weighted by Crippen LogP contribution is -3.11. The number of aryl methyl sites for hydroxylation is 1. The summed E-state index contributed by atoms with van der Waals surface area (Å²) in [5.74, 6) is 0.985. The molecule has 0 unspecified atom stereocenters. The predicted octanol–water partition coefficient (Wildman–Crippen LogP) is 4.46. The Morgan fingerprint density at radius 1 is 1.13 bits per heavy atom. The highest BCUT2D eigenvalue weighted by Crippen LogP contribution is 2.34. The fraction of sp³-hybridized carbons (Fsp3) is 0.654. The number of carbonyl (C=O) groups excluding carboxylic acids is 1. The summed E-state index contributed by atoms with van der Waals surface area (Å²) in [6.45, 7) is 16.9. The Hall–Kier alpha value is -1.81. The minimum atomic E-state index is 0.185. The standard InChI is InChI=1S/C26H43N3O/c1-7-21-13-10-14-23-24(18-27-26(21)23)22(16-19(4)5)17-25(30)28-20(6)12-11-15-29(8-2)9-3/h10,13-14,18-20,22,27H,7-9,11-12,15-17H2,1-6H3,(H,28,30)/p+1/t20-,22+/m0/s1. The average Bonchev–Trinajstić information content (AvgIpc) is 3.14. The number of rotatable bonds is 13. The zero-order chi connectivity index (χ0) is 22.1. The molecule has 2 atom stereocenters. The van der Waals surface area contributed by atoms with E-state index >= 15 is 0 Å². The molecule has 0 bridgehead atoms. The zero-order valence-electron chi connectivity index (χ0n) is 20.1. The Morgan fingerprint density at radius 2 is 1.87 bits per heavy atom. The predicted molar refractivity (Wildman–Crippen MR) is 128 cm³/mol. The van der Waals surface area contributed by atoms with Crippen molar-refractivity contribution >= 4 is 16.8 Å². The van der Waals surface area contributed by atoms with Crippen LogP contribution in [0.3, 0.4) is 0 Å². The van der Waals surface area contributed by atoms with Crippen LogP contribution < -0.4 is 10.2 Å². The third kappa shape index (κ3) is 6.87. The number of hydrogen-bond donors (Lipinski definition) is 3. The molecule has 168 valence electrons. The molecule has 1 amide bonds. The Bertz CT molecular complexity index is 776. The first kappa shape index (κ1) is 24.5. The molecule has 30 heavy (non-hydrogen) atoms. The summed E-state index contributed by atoms with van der Waals surface area (Å²) in [6.07, 6.45) is 6.95. The van der Waals surface area contributed by atoms with Gasteiger partial charge in [0.15, 0.2) is 0 Å². The molecule has 0 fully saturated rings. The molecule has 0 aliphatic carbocycles. The van der Waals surface area contributed by atoms with Crippen molar-refractivity contribution in [3.05, 3.63) is 35.5 Å². The van der Waals surface area contributed by atoms with Crippen LogP contribution in [0.15, 0.2) is 24.4 Å². The number of carbonyl (C=O) groups is 1. The first-order chi connectivity index (χ1) is 14.4. The van der Waals surface area contributed by atoms with E-state index in [0.29, 0.717) is 12.3 Å². The second kappa shape index (κ2) is 12.1. The van der Waals surface area contributed by atoms with Gasteiger partial charge in [-0.2, -0.15) is 0 Å². The number of benzene rings is 1. The Balaban J connectivity index is 2.02. The molecule has 0 spiro atoms. The zero-order valence-corrected chi connectivity index (χ0v) is 20.1. The number of aromatic nitrogens is 1. The summed E-state index contributed by atoms with van der Waals surface area (Å²) in [6, 6.07) is 6.77. The largest absolute Gasteiger partial charge is 0.361 e. The fourth-order valence-electron chi connectivity index (χ4n) is 4.65. The van der Waals surface area contributed by atoms with Crippen molar-refractivity contribution < 1.29 is 9.69 Å². The molecule has 2 rings (SSSR count). The number of H-pyrrole nitrogens is 1. The monoisotopic (exact) mass is 414 g/mol. The van der Waals surface area contributed by atoms with Crippen molar-refractivity contribution in [3.8, 4) is 0 Å². The molecule has 0 radical (unpaired) electrons. The van der Waals surface area contributed by atoms with Crippen LogP contribution in [-0.2, 0) is 11.2 Å². The average molecular weight is 415 g/mol. The van der Waals surface area contributed by atoms with Gasteiger partial charge in [-0.25, -0.2) is 0 Å². The fourth-order valence-corrected chi connectivity index (χ4v) is 4.65. The molecule has 3 N–H and O–H groups in total. The van der Waals surface area contributed by atoms with Gasteiger partial charge in [0.25, 0.3) is 0 Å². The minimum Gasteiger partial charge on any atom is -0.361 e. The number of fused-ring (bicyclic) bond motifs is 1. The maximum atomic E-state index is 12.9. The summed E-state index contributed by atoms with van der Waals surface area (Å²) in [7, 11) is 0. The van der Waals surface area contributed by atoms with Gasteiger partial charge in [-0.15, -0.1) is 0 Å². The molecule has 2 aromatic rings. The number of amides is 1. The molecule has 0 saturated heterocycles. The lowest BCUT2D eigenvalue weighted by atomic mass is 9.87. The molecular weight excluding hydrogens is 370 g/mol. The van der Waals surface area contributed by atoms with E-state index in [1.54, 1.807) is 4.90 Å². The van der Waals surface area contributed by atoms with E-state index in [4.69, 9.17) is 0 Å². The van der Waals surface area contributed by atoms with Crippen LogP contribution in [0.2, 0.25) is 0 Å². The van der Waals surface area contributed by atoms with E-state index in [2.05, 4.69) is 76.2 Å². The van der Waals surface area contributed by atoms with Gasteiger partial charge in [0, 0.05) is 29.6 Å². The summed E-state index contributed by atoms with van der Waals surface area (Å²) in [4.78, 5) is 18.0. The van der Waals surface area contributed by atoms with Crippen LogP contribution in [0.4, 0.5) is 0 Å². The van der Waals surface area contributed by atoms with Crippen molar-refractivity contribution in [2.45, 2.75) is 85.6 Å². The van der Waals surface area contributed by atoms with Gasteiger partial charge < -0.3 is 15.2 Å². The lowest BCUT2D eigenvalue weighted by Gasteiger charge is -2.21. The number of aromatic amines is 1. The molecule has 0 aliphatic heterocycles. The SMILES string of the molecule is CCc1cccc2c([C@@H](CC(=O)N[C@@H](C)CCC[NH+](CC)CC)CC(C)C)c[nH]c12. The summed E-state index contributed by atoms with van der Waals surface area (Å²) in [5.41, 5.74) is 3.87. The molecule has 0 aliphatic rings. The lowest BCUT2D eigenvalue weighted by molar-refractivity contribution is -0.896. The molecule has 4 nitrogen and oxygen atoms in total. The number of hydrogen-bond acceptors (Lipinski definition) is 1. The van der Waals surface area contributed by atoms with Crippen LogP contribution in [0.5, 0.6) is 0 Å². The molecule has 1 aromatic carbocycles. The Kier molecular flexibility index (Phi) is 9.90. The molecule has 1 aromatic heterocycles. The third-order valence-electron chi connectivity index (χ3n) is 6.42. The van der Waals surface area contributed by atoms with E-state index in [9.17, 15) is 4.79 Å². The van der Waals surface area contributed by atoms with E-state index < -0.39 is 0 Å². The second-order valence-electron chi connectivity index (χ2n) is 9.29. The van der Waals surface area contributed by atoms with Crippen molar-refractivity contribution in [1.29, 1.82) is 0 Å². The highest BCUT2D eigenvalue weighted by atomic mass is 16.1. The van der Waals surface area contributed by atoms with Crippen LogP contribution >= 0.6 is 0 Å². The molecular formula is C26H44N3O+. The third-order valence-corrected chi connectivity index (χ3v) is 6.42. The van der Waals surface area contributed by atoms with E-state index in [0.717, 1.165) is 25.7 Å². The van der Waals surface area contributed by atoms with E-state index in [-0.39, 0.29) is 17.9 Å². The molecule has 4 heteroatoms. The second-order valence-corrected chi connectivity index (χ2v) is 9.29. The van der Waals surface area contributed by atoms with Gasteiger partial charge in [-0.05, 0) is 69.4 Å². The normalized spacial score (nSPS) is 13.9. The maximum absolute atomic E-state index is 12.9. The van der Waals surface area contributed by atoms with Crippen molar-refractivity contribution in [1.82, 2.24) is 10.3 Å². The van der Waals surface area contributed by atoms with Gasteiger partial charge in [0.2, 0.25) is 5.91 Å². The number of para-hydroxylation sites is 1. The smallest absolute Gasteiger partial charge is 0.220 e. The minimum absolute atomic E-state index is 0.185. The highest BCUT2D eigenvalue weighted by molar-refractivity contribution is 5.87. The van der Waals surface area contributed by atoms with Gasteiger partial charge in [0.1, 0.15) is 0 Å². The van der Waals surface area contributed by atoms with Crippen LogP contribution in [0.1, 0.15) is 84.3 Å². The van der Waals surface area contributed by atoms with Gasteiger partial charge in [-0.3, -0.25) is 4.79 Å². The van der Waals surface area contributed by atoms with Crippen molar-refractivity contribution in [2.75, 3.05) is 19.6 Å². The Labute approximate surface area is 183 Å². The van der Waals surface area contributed by atoms with Gasteiger partial charge >= 0.3 is 0 Å². The topological polar surface area (TPSA) is 49.3 Å². The first-order valence-electron chi connectivity index (χ1n) is 12.1. The van der Waals surface area contributed by atoms with E-state index in [1.807, 2.05) is 0 Å². The summed E-state index contributed by atoms with van der Waals surface area (Å²) < 4.78 is 0.